The van der Waals surface area contributed by atoms with E-state index in [1.54, 1.807) is 0 Å². The third-order valence-corrected chi connectivity index (χ3v) is 3.29. The maximum atomic E-state index is 12.1. The monoisotopic (exact) mass is 255 g/mol. The van der Waals surface area contributed by atoms with Crippen molar-refractivity contribution < 1.29 is 9.59 Å². The van der Waals surface area contributed by atoms with Crippen LogP contribution in [0, 0.1) is 5.92 Å². The molecule has 0 saturated heterocycles. The maximum absolute atomic E-state index is 12.1. The highest BCUT2D eigenvalue weighted by molar-refractivity contribution is 5.86. The van der Waals surface area contributed by atoms with Gasteiger partial charge in [0, 0.05) is 6.04 Å². The number of nitrogens with one attached hydrogen (secondary N) is 2. The molecule has 104 valence electrons. The summed E-state index contributed by atoms with van der Waals surface area (Å²) < 4.78 is 0. The Bertz CT molecular complexity index is 286. The summed E-state index contributed by atoms with van der Waals surface area (Å²) in [4.78, 5) is 23.0. The van der Waals surface area contributed by atoms with E-state index >= 15 is 0 Å². The van der Waals surface area contributed by atoms with E-state index < -0.39 is 12.1 Å². The minimum atomic E-state index is -0.639. The van der Waals surface area contributed by atoms with Gasteiger partial charge in [0.25, 0.3) is 0 Å². The van der Waals surface area contributed by atoms with Crippen molar-refractivity contribution in [3.05, 3.63) is 0 Å². The largest absolute Gasteiger partial charge is 0.352 e. The second-order valence-corrected chi connectivity index (χ2v) is 5.53. The van der Waals surface area contributed by atoms with Crippen LogP contribution < -0.4 is 16.4 Å². The molecule has 1 unspecified atom stereocenters. The summed E-state index contributed by atoms with van der Waals surface area (Å²) in [6, 6.07) is -0.889. The van der Waals surface area contributed by atoms with Crippen LogP contribution in [0.1, 0.15) is 52.4 Å². The minimum absolute atomic E-state index is 0.102. The number of carbonyl (C=O) groups excluding carboxylic acids is 2. The Morgan fingerprint density at radius 3 is 2.33 bits per heavy atom. The summed E-state index contributed by atoms with van der Waals surface area (Å²) >= 11 is 0. The van der Waals surface area contributed by atoms with Gasteiger partial charge in [-0.1, -0.05) is 33.1 Å². The molecule has 1 atom stereocenters. The summed E-state index contributed by atoms with van der Waals surface area (Å²) in [6.45, 7) is 4.03. The highest BCUT2D eigenvalue weighted by Crippen LogP contribution is 2.17. The van der Waals surface area contributed by atoms with Gasteiger partial charge >= 0.3 is 6.03 Å². The van der Waals surface area contributed by atoms with E-state index in [4.69, 9.17) is 5.73 Å². The minimum Gasteiger partial charge on any atom is -0.352 e. The Morgan fingerprint density at radius 1 is 1.22 bits per heavy atom. The van der Waals surface area contributed by atoms with Gasteiger partial charge in [-0.15, -0.1) is 0 Å². The van der Waals surface area contributed by atoms with Crippen LogP contribution in [0.4, 0.5) is 4.79 Å². The standard InChI is InChI=1S/C13H25N3O2/c1-9(2)8-11(16-13(14)18)12(17)15-10-6-4-3-5-7-10/h9-11H,3-8H2,1-2H3,(H,15,17)(H3,14,16,18). The zero-order valence-electron chi connectivity index (χ0n) is 11.4. The van der Waals surface area contributed by atoms with Crippen LogP contribution in [0.15, 0.2) is 0 Å². The van der Waals surface area contributed by atoms with Gasteiger partial charge in [0.05, 0.1) is 0 Å². The number of urea groups is 1. The van der Waals surface area contributed by atoms with Gasteiger partial charge in [0.1, 0.15) is 6.04 Å². The molecule has 4 N–H and O–H groups in total. The zero-order valence-corrected chi connectivity index (χ0v) is 11.4. The molecule has 0 bridgehead atoms. The predicted octanol–water partition coefficient (Wildman–Crippen LogP) is 1.52. The summed E-state index contributed by atoms with van der Waals surface area (Å²) in [5.41, 5.74) is 5.11. The molecule has 0 aromatic carbocycles. The van der Waals surface area contributed by atoms with Crippen LogP contribution in [-0.4, -0.2) is 24.0 Å². The van der Waals surface area contributed by atoms with Gasteiger partial charge in [-0.2, -0.15) is 0 Å². The molecule has 1 rings (SSSR count). The van der Waals surface area contributed by atoms with E-state index in [2.05, 4.69) is 10.6 Å². The molecular formula is C13H25N3O2. The zero-order chi connectivity index (χ0) is 13.5. The summed E-state index contributed by atoms with van der Waals surface area (Å²) in [5.74, 6) is 0.230. The number of carbonyl (C=O) groups is 2. The fourth-order valence-electron chi connectivity index (χ4n) is 2.42. The average Bonchev–Trinajstić information content (AvgIpc) is 2.28. The molecule has 1 aliphatic rings. The fraction of sp³-hybridized carbons (Fsp3) is 0.846. The van der Waals surface area contributed by atoms with Crippen molar-refractivity contribution in [1.82, 2.24) is 10.6 Å². The third-order valence-electron chi connectivity index (χ3n) is 3.29. The van der Waals surface area contributed by atoms with Crippen molar-refractivity contribution in [1.29, 1.82) is 0 Å². The Kier molecular flexibility index (Phi) is 5.95. The van der Waals surface area contributed by atoms with E-state index in [9.17, 15) is 9.59 Å². The number of nitrogens with two attached hydrogens (primary N) is 1. The van der Waals surface area contributed by atoms with Crippen molar-refractivity contribution in [3.8, 4) is 0 Å². The van der Waals surface area contributed by atoms with Crippen molar-refractivity contribution >= 4 is 11.9 Å². The SMILES string of the molecule is CC(C)CC(NC(N)=O)C(=O)NC1CCCCC1. The fourth-order valence-corrected chi connectivity index (χ4v) is 2.42. The van der Waals surface area contributed by atoms with E-state index in [0.29, 0.717) is 12.3 Å². The lowest BCUT2D eigenvalue weighted by molar-refractivity contribution is -0.124. The second-order valence-electron chi connectivity index (χ2n) is 5.53. The number of amides is 3. The van der Waals surface area contributed by atoms with E-state index in [1.165, 1.54) is 19.3 Å². The third kappa shape index (κ3) is 5.38. The number of primary amides is 1. The summed E-state index contributed by atoms with van der Waals surface area (Å²) in [6.07, 6.45) is 6.28. The molecule has 0 aliphatic heterocycles. The Labute approximate surface area is 109 Å². The van der Waals surface area contributed by atoms with Crippen LogP contribution in [0.25, 0.3) is 0 Å². The molecule has 18 heavy (non-hydrogen) atoms. The molecule has 0 heterocycles. The van der Waals surface area contributed by atoms with Crippen molar-refractivity contribution in [3.63, 3.8) is 0 Å². The van der Waals surface area contributed by atoms with Crippen LogP contribution >= 0.6 is 0 Å². The van der Waals surface area contributed by atoms with Crippen LogP contribution in [0.2, 0.25) is 0 Å². The van der Waals surface area contributed by atoms with Gasteiger partial charge in [-0.05, 0) is 25.2 Å². The molecule has 5 nitrogen and oxygen atoms in total. The smallest absolute Gasteiger partial charge is 0.312 e. The van der Waals surface area contributed by atoms with Crippen molar-refractivity contribution in [2.24, 2.45) is 11.7 Å². The molecule has 0 aromatic rings. The van der Waals surface area contributed by atoms with E-state index in [1.807, 2.05) is 13.8 Å². The van der Waals surface area contributed by atoms with Crippen molar-refractivity contribution in [2.45, 2.75) is 64.5 Å². The van der Waals surface area contributed by atoms with E-state index in [0.717, 1.165) is 12.8 Å². The first-order chi connectivity index (χ1) is 8.49. The molecule has 0 radical (unpaired) electrons. The first kappa shape index (κ1) is 14.8. The predicted molar refractivity (Wildman–Crippen MR) is 71.0 cm³/mol. The Hall–Kier alpha value is -1.26. The van der Waals surface area contributed by atoms with E-state index in [-0.39, 0.29) is 11.9 Å². The van der Waals surface area contributed by atoms with Crippen LogP contribution in [0.3, 0.4) is 0 Å². The van der Waals surface area contributed by atoms with Gasteiger partial charge < -0.3 is 16.4 Å². The molecule has 0 spiro atoms. The van der Waals surface area contributed by atoms with Gasteiger partial charge in [-0.25, -0.2) is 4.79 Å². The quantitative estimate of drug-likeness (QED) is 0.696. The summed E-state index contributed by atoms with van der Waals surface area (Å²) in [5, 5.41) is 5.55. The molecule has 0 aromatic heterocycles. The molecular weight excluding hydrogens is 230 g/mol. The van der Waals surface area contributed by atoms with Gasteiger partial charge in [0.2, 0.25) is 5.91 Å². The molecule has 3 amide bonds. The highest BCUT2D eigenvalue weighted by Gasteiger charge is 2.24. The maximum Gasteiger partial charge on any atom is 0.312 e. The second kappa shape index (κ2) is 7.24. The van der Waals surface area contributed by atoms with Crippen LogP contribution in [-0.2, 0) is 4.79 Å². The lowest BCUT2D eigenvalue weighted by Gasteiger charge is -2.26. The number of hydrogen-bond donors (Lipinski definition) is 3. The molecule has 1 saturated carbocycles. The first-order valence-electron chi connectivity index (χ1n) is 6.85. The molecule has 1 aliphatic carbocycles. The average molecular weight is 255 g/mol. The van der Waals surface area contributed by atoms with Gasteiger partial charge in [0.15, 0.2) is 0 Å². The number of hydrogen-bond acceptors (Lipinski definition) is 2. The first-order valence-corrected chi connectivity index (χ1v) is 6.85. The van der Waals surface area contributed by atoms with Crippen LogP contribution in [0.5, 0.6) is 0 Å². The Balaban J connectivity index is 2.48. The summed E-state index contributed by atoms with van der Waals surface area (Å²) in [7, 11) is 0. The molecule has 1 fully saturated rings. The number of rotatable bonds is 5. The normalized spacial score (nSPS) is 18.4. The molecule has 5 heteroatoms. The Morgan fingerprint density at radius 2 is 1.83 bits per heavy atom. The van der Waals surface area contributed by atoms with Crippen molar-refractivity contribution in [2.75, 3.05) is 0 Å². The van der Waals surface area contributed by atoms with Gasteiger partial charge in [-0.3, -0.25) is 4.79 Å². The lowest BCUT2D eigenvalue weighted by atomic mass is 9.94. The topological polar surface area (TPSA) is 84.2 Å². The lowest BCUT2D eigenvalue weighted by Crippen LogP contribution is -2.51. The highest BCUT2D eigenvalue weighted by atomic mass is 16.2.